The van der Waals surface area contributed by atoms with Crippen LogP contribution in [-0.2, 0) is 52.7 Å². The fourth-order valence-electron chi connectivity index (χ4n) is 6.99. The number of amides is 10. The van der Waals surface area contributed by atoms with E-state index >= 15 is 0 Å². The fraction of sp³-hybridized carbons (Fsp3) is 0.705. The third-order valence-corrected chi connectivity index (χ3v) is 10.8. The number of carboxylic acid groups (broad SMARTS) is 1. The SMILES string of the molecule is C=C1[C@H](C(=O)NCC(=O)N[C@H](CCC(N)=O)C(=O)N[C@H](CC(C)C)C(=O)NCC(=O)N[C@H](CC(C)C)C(=O)N[C@H](C)C(=O)NCC(=O)N(CCC)[C@H](C)C(=O)N[C@H](CCCCN)C(=O)O)NC[C@@H]1O. The van der Waals surface area contributed by atoms with Crippen LogP contribution in [0.5, 0.6) is 0 Å². The second-order valence-corrected chi connectivity index (χ2v) is 17.8. The van der Waals surface area contributed by atoms with E-state index in [9.17, 15) is 63.0 Å². The number of carboxylic acids is 1. The van der Waals surface area contributed by atoms with Crippen LogP contribution in [-0.4, -0.2) is 168 Å². The lowest BCUT2D eigenvalue weighted by Gasteiger charge is -2.29. The quantitative estimate of drug-likeness (QED) is 0.0225. The number of carbonyl (C=O) groups is 11. The van der Waals surface area contributed by atoms with Crippen molar-refractivity contribution in [3.63, 3.8) is 0 Å². The van der Waals surface area contributed by atoms with Gasteiger partial charge in [-0.05, 0) is 82.7 Å². The van der Waals surface area contributed by atoms with E-state index in [0.717, 1.165) is 0 Å². The van der Waals surface area contributed by atoms with Crippen LogP contribution in [0.4, 0.5) is 0 Å². The minimum absolute atomic E-state index is 0.0773. The largest absolute Gasteiger partial charge is 0.480 e. The number of carbonyl (C=O) groups excluding carboxylic acids is 10. The molecule has 0 aromatic heterocycles. The average molecular weight is 981 g/mol. The van der Waals surface area contributed by atoms with E-state index < -0.39 is 133 Å². The molecule has 69 heavy (non-hydrogen) atoms. The van der Waals surface area contributed by atoms with E-state index in [0.29, 0.717) is 25.8 Å². The number of aliphatic hydroxyl groups excluding tert-OH is 1. The summed E-state index contributed by atoms with van der Waals surface area (Å²) in [6.45, 7) is 14.1. The Hall–Kier alpha value is -6.21. The first-order valence-electron chi connectivity index (χ1n) is 23.3. The van der Waals surface area contributed by atoms with Crippen LogP contribution in [0.3, 0.4) is 0 Å². The molecule has 0 aromatic rings. The maximum Gasteiger partial charge on any atom is 0.326 e. The summed E-state index contributed by atoms with van der Waals surface area (Å²) in [6, 6.07) is -8.19. The smallest absolute Gasteiger partial charge is 0.326 e. The molecule has 1 saturated heterocycles. The van der Waals surface area contributed by atoms with Gasteiger partial charge in [-0.15, -0.1) is 0 Å². The molecular formula is C44H76N12O13. The van der Waals surface area contributed by atoms with Gasteiger partial charge in [0.2, 0.25) is 59.1 Å². The first-order valence-corrected chi connectivity index (χ1v) is 23.3. The highest BCUT2D eigenvalue weighted by atomic mass is 16.4. The summed E-state index contributed by atoms with van der Waals surface area (Å²) in [4.78, 5) is 143. The maximum absolute atomic E-state index is 13.5. The zero-order chi connectivity index (χ0) is 52.5. The summed E-state index contributed by atoms with van der Waals surface area (Å²) in [5.41, 5.74) is 11.0. The van der Waals surface area contributed by atoms with E-state index in [-0.39, 0.29) is 62.6 Å². The van der Waals surface area contributed by atoms with Gasteiger partial charge in [-0.2, -0.15) is 0 Å². The summed E-state index contributed by atoms with van der Waals surface area (Å²) >= 11 is 0. The van der Waals surface area contributed by atoms with Crippen molar-refractivity contribution in [1.29, 1.82) is 0 Å². The Labute approximate surface area is 402 Å². The molecule has 0 aliphatic carbocycles. The summed E-state index contributed by atoms with van der Waals surface area (Å²) in [5, 5.41) is 41.9. The van der Waals surface area contributed by atoms with Crippen LogP contribution in [0.1, 0.15) is 99.8 Å². The third-order valence-electron chi connectivity index (χ3n) is 10.8. The Balaban J connectivity index is 2.92. The van der Waals surface area contributed by atoms with Gasteiger partial charge >= 0.3 is 5.97 Å². The van der Waals surface area contributed by atoms with E-state index in [4.69, 9.17) is 11.5 Å². The Bertz CT molecular complexity index is 1830. The molecule has 25 heteroatoms. The van der Waals surface area contributed by atoms with Crippen molar-refractivity contribution < 1.29 is 63.0 Å². The summed E-state index contributed by atoms with van der Waals surface area (Å²) in [7, 11) is 0. The van der Waals surface area contributed by atoms with Gasteiger partial charge in [0.15, 0.2) is 0 Å². The number of hydrogen-bond donors (Lipinski definition) is 13. The van der Waals surface area contributed by atoms with E-state index in [2.05, 4.69) is 54.4 Å². The Morgan fingerprint density at radius 3 is 1.75 bits per heavy atom. The molecule has 0 saturated carbocycles. The van der Waals surface area contributed by atoms with E-state index in [1.54, 1.807) is 34.6 Å². The summed E-state index contributed by atoms with van der Waals surface area (Å²) in [5.74, 6) is -9.03. The molecule has 1 fully saturated rings. The summed E-state index contributed by atoms with van der Waals surface area (Å²) in [6.07, 6.45) is 0.311. The van der Waals surface area contributed by atoms with Crippen molar-refractivity contribution in [3.05, 3.63) is 12.2 Å². The van der Waals surface area contributed by atoms with Gasteiger partial charge in [-0.25, -0.2) is 4.79 Å². The molecule has 8 atom stereocenters. The van der Waals surface area contributed by atoms with Gasteiger partial charge < -0.3 is 69.1 Å². The van der Waals surface area contributed by atoms with Crippen LogP contribution < -0.4 is 59.3 Å². The van der Waals surface area contributed by atoms with Gasteiger partial charge in [0.1, 0.15) is 42.3 Å². The van der Waals surface area contributed by atoms with Gasteiger partial charge in [-0.3, -0.25) is 53.3 Å². The molecule has 0 bridgehead atoms. The number of β-amino-alcohol motifs (C(OH)–C–C–N with tert-alkyl or cyclic N) is 1. The zero-order valence-electron chi connectivity index (χ0n) is 40.9. The molecule has 0 unspecified atom stereocenters. The minimum Gasteiger partial charge on any atom is -0.480 e. The zero-order valence-corrected chi connectivity index (χ0v) is 40.9. The van der Waals surface area contributed by atoms with Crippen molar-refractivity contribution in [1.82, 2.24) is 52.8 Å². The summed E-state index contributed by atoms with van der Waals surface area (Å²) < 4.78 is 0. The van der Waals surface area contributed by atoms with Gasteiger partial charge in [-0.1, -0.05) is 41.2 Å². The number of aliphatic carboxylic acids is 1. The topological polar surface area (TPSA) is 392 Å². The van der Waals surface area contributed by atoms with Gasteiger partial charge in [0.25, 0.3) is 0 Å². The number of nitrogens with two attached hydrogens (primary N) is 2. The number of unbranched alkanes of at least 4 members (excludes halogenated alkanes) is 1. The van der Waals surface area contributed by atoms with Crippen molar-refractivity contribution >= 4 is 65.0 Å². The van der Waals surface area contributed by atoms with Crippen LogP contribution in [0.25, 0.3) is 0 Å². The highest BCUT2D eigenvalue weighted by Crippen LogP contribution is 2.13. The number of rotatable bonds is 32. The second kappa shape index (κ2) is 31.0. The third kappa shape index (κ3) is 22.6. The molecule has 0 aromatic carbocycles. The average Bonchev–Trinajstić information content (AvgIpc) is 3.61. The van der Waals surface area contributed by atoms with Crippen LogP contribution >= 0.6 is 0 Å². The molecule has 1 aliphatic rings. The maximum atomic E-state index is 13.5. The number of hydrogen-bond acceptors (Lipinski definition) is 14. The molecule has 0 radical (unpaired) electrons. The van der Waals surface area contributed by atoms with E-state index in [1.807, 2.05) is 0 Å². The Kier molecular flexibility index (Phi) is 27.3. The van der Waals surface area contributed by atoms with Gasteiger partial charge in [0.05, 0.1) is 25.7 Å². The lowest BCUT2D eigenvalue weighted by molar-refractivity contribution is -0.144. The number of primary amides is 1. The van der Waals surface area contributed by atoms with Gasteiger partial charge in [0, 0.05) is 19.5 Å². The van der Waals surface area contributed by atoms with Crippen LogP contribution in [0.15, 0.2) is 12.2 Å². The molecule has 1 rings (SSSR count). The highest BCUT2D eigenvalue weighted by Gasteiger charge is 2.34. The second-order valence-electron chi connectivity index (χ2n) is 17.8. The highest BCUT2D eigenvalue weighted by molar-refractivity contribution is 5.97. The number of nitrogens with one attached hydrogen (secondary N) is 9. The van der Waals surface area contributed by atoms with Crippen molar-refractivity contribution in [3.8, 4) is 0 Å². The van der Waals surface area contributed by atoms with Crippen molar-refractivity contribution in [2.75, 3.05) is 39.3 Å². The van der Waals surface area contributed by atoms with Crippen LogP contribution in [0, 0.1) is 11.8 Å². The first-order chi connectivity index (χ1) is 32.3. The monoisotopic (exact) mass is 981 g/mol. The normalized spacial score (nSPS) is 16.9. The lowest BCUT2D eigenvalue weighted by Crippen LogP contribution is -2.57. The minimum atomic E-state index is -1.37. The molecule has 390 valence electrons. The predicted molar refractivity (Wildman–Crippen MR) is 251 cm³/mol. The van der Waals surface area contributed by atoms with Crippen LogP contribution in [0.2, 0.25) is 0 Å². The molecule has 1 aliphatic heterocycles. The van der Waals surface area contributed by atoms with Crippen molar-refractivity contribution in [2.45, 2.75) is 148 Å². The number of aliphatic hydroxyl groups is 1. The molecule has 1 heterocycles. The molecule has 0 spiro atoms. The Morgan fingerprint density at radius 1 is 0.696 bits per heavy atom. The fourth-order valence-corrected chi connectivity index (χ4v) is 6.99. The standard InChI is InChI=1S/C44H76N12O13/c1-9-16-56(27(8)39(63)54-29(44(68)69)12-10-11-15-45)36(61)22-50-38(62)26(7)51-42(66)31(18-24(4)5)53-35(60)20-48-40(64)30(17-23(2)3)55-41(65)28(13-14-33(46)58)52-34(59)21-49-43(67)37-25(6)32(57)19-47-37/h23-24,26-32,37,47,57H,6,9-22,45H2,1-5,7-8H3,(H2,46,58)(H,48,64)(H,49,67)(H,50,62)(H,51,66)(H,52,59)(H,53,60)(H,54,63)(H,55,65)(H,68,69)/t26-,27-,28-,29-,30-,31-,32+,37-/m1/s1. The molecule has 25 nitrogen and oxygen atoms in total. The lowest BCUT2D eigenvalue weighted by atomic mass is 10.0. The molecule has 15 N–H and O–H groups in total. The molecule has 10 amide bonds. The Morgan fingerprint density at radius 2 is 1.23 bits per heavy atom. The predicted octanol–water partition coefficient (Wildman–Crippen LogP) is -4.13. The number of nitrogens with zero attached hydrogens (tertiary/aromatic N) is 1. The van der Waals surface area contributed by atoms with Crippen molar-refractivity contribution in [2.24, 2.45) is 23.3 Å². The van der Waals surface area contributed by atoms with E-state index in [1.165, 1.54) is 18.7 Å². The molecular weight excluding hydrogens is 905 g/mol. The first kappa shape index (κ1) is 60.8.